The number of aliphatic imine (C=N–C) groups is 1. The first-order valence-electron chi connectivity index (χ1n) is 8.97. The van der Waals surface area contributed by atoms with E-state index in [1.807, 2.05) is 43.9 Å². The first-order valence-corrected chi connectivity index (χ1v) is 8.97. The molecule has 0 spiro atoms. The Bertz CT molecular complexity index is 919. The van der Waals surface area contributed by atoms with Crippen LogP contribution in [0.2, 0.25) is 0 Å². The molecule has 7 nitrogen and oxygen atoms in total. The van der Waals surface area contributed by atoms with Gasteiger partial charge in [0.05, 0.1) is 0 Å². The Kier molecular flexibility index (Phi) is 3.83. The minimum atomic E-state index is -0.549. The number of aryl methyl sites for hydroxylation is 1. The van der Waals surface area contributed by atoms with Gasteiger partial charge in [0.1, 0.15) is 0 Å². The molecule has 3 aliphatic heterocycles. The first-order chi connectivity index (χ1) is 12.9. The van der Waals surface area contributed by atoms with Gasteiger partial charge in [-0.3, -0.25) is 19.5 Å². The van der Waals surface area contributed by atoms with Gasteiger partial charge in [-0.05, 0) is 38.5 Å². The Balaban J connectivity index is 1.79. The van der Waals surface area contributed by atoms with Crippen LogP contribution < -0.4 is 4.90 Å². The van der Waals surface area contributed by atoms with Gasteiger partial charge in [-0.2, -0.15) is 0 Å². The standard InChI is InChI=1S/C20H23N5O2/c1-6-10-23-18(26)16-17(22(5)20(23)27)21-19-24(13(3)14(4)25(16)19)15-9-7-8-12(2)11-15/h6-9,11,16-17H,1,10H2,2-5H3. The van der Waals surface area contributed by atoms with Crippen LogP contribution >= 0.6 is 0 Å². The van der Waals surface area contributed by atoms with Crippen molar-refractivity contribution in [2.45, 2.75) is 33.0 Å². The van der Waals surface area contributed by atoms with Crippen molar-refractivity contribution in [3.63, 3.8) is 0 Å². The Morgan fingerprint density at radius 3 is 2.59 bits per heavy atom. The maximum Gasteiger partial charge on any atom is 0.328 e. The van der Waals surface area contributed by atoms with Crippen LogP contribution in [0, 0.1) is 6.92 Å². The molecule has 0 radical (unpaired) electrons. The zero-order valence-corrected chi connectivity index (χ0v) is 16.0. The lowest BCUT2D eigenvalue weighted by Gasteiger charge is -2.40. The van der Waals surface area contributed by atoms with Crippen LogP contribution in [0.3, 0.4) is 0 Å². The summed E-state index contributed by atoms with van der Waals surface area (Å²) in [6.07, 6.45) is 1.04. The van der Waals surface area contributed by atoms with Crippen molar-refractivity contribution in [3.05, 3.63) is 53.9 Å². The number of hydrogen-bond acceptors (Lipinski definition) is 5. The number of hydrogen-bond donors (Lipinski definition) is 0. The smallest absolute Gasteiger partial charge is 0.302 e. The highest BCUT2D eigenvalue weighted by molar-refractivity contribution is 6.10. The number of benzene rings is 1. The molecule has 3 amide bonds. The van der Waals surface area contributed by atoms with Gasteiger partial charge in [-0.15, -0.1) is 6.58 Å². The summed E-state index contributed by atoms with van der Waals surface area (Å²) in [5.41, 5.74) is 4.14. The maximum atomic E-state index is 13.1. The van der Waals surface area contributed by atoms with Gasteiger partial charge in [0.2, 0.25) is 5.96 Å². The van der Waals surface area contributed by atoms with Gasteiger partial charge in [0, 0.05) is 30.7 Å². The molecule has 2 unspecified atom stereocenters. The van der Waals surface area contributed by atoms with E-state index in [2.05, 4.69) is 17.5 Å². The monoisotopic (exact) mass is 365 g/mol. The highest BCUT2D eigenvalue weighted by Gasteiger charge is 2.55. The number of nitrogens with zero attached hydrogens (tertiary/aromatic N) is 5. The molecular weight excluding hydrogens is 342 g/mol. The molecule has 0 bridgehead atoms. The lowest BCUT2D eigenvalue weighted by molar-refractivity contribution is -0.136. The summed E-state index contributed by atoms with van der Waals surface area (Å²) in [6, 6.07) is 7.28. The SMILES string of the molecule is C=CCN1C(=O)C2C(N=C3N(c4cccc(C)c4)C(C)=C(C)N32)N(C)C1=O. The molecule has 0 N–H and O–H groups in total. The molecule has 3 aliphatic rings. The third-order valence-corrected chi connectivity index (χ3v) is 5.46. The van der Waals surface area contributed by atoms with Crippen molar-refractivity contribution in [1.82, 2.24) is 14.7 Å². The van der Waals surface area contributed by atoms with E-state index in [9.17, 15) is 9.59 Å². The van der Waals surface area contributed by atoms with E-state index >= 15 is 0 Å². The number of guanidine groups is 1. The van der Waals surface area contributed by atoms with Gasteiger partial charge >= 0.3 is 6.03 Å². The molecule has 27 heavy (non-hydrogen) atoms. The summed E-state index contributed by atoms with van der Waals surface area (Å²) in [5.74, 6) is 0.457. The second-order valence-corrected chi connectivity index (χ2v) is 7.13. The van der Waals surface area contributed by atoms with E-state index in [4.69, 9.17) is 4.99 Å². The highest BCUT2D eigenvalue weighted by atomic mass is 16.2. The zero-order valence-electron chi connectivity index (χ0n) is 16.0. The van der Waals surface area contributed by atoms with E-state index in [1.54, 1.807) is 13.1 Å². The molecule has 0 aliphatic carbocycles. The number of anilines is 1. The molecule has 2 atom stereocenters. The number of likely N-dealkylation sites (N-methyl/N-ethyl adjacent to an activating group) is 1. The Labute approximate surface area is 158 Å². The fourth-order valence-corrected chi connectivity index (χ4v) is 3.99. The predicted octanol–water partition coefficient (Wildman–Crippen LogP) is 2.51. The van der Waals surface area contributed by atoms with Gasteiger partial charge in [0.15, 0.2) is 12.2 Å². The van der Waals surface area contributed by atoms with Crippen LogP contribution in [0.15, 0.2) is 53.3 Å². The molecule has 7 heteroatoms. The number of rotatable bonds is 3. The summed E-state index contributed by atoms with van der Waals surface area (Å²) in [5, 5.41) is 0. The van der Waals surface area contributed by atoms with Gasteiger partial charge in [0.25, 0.3) is 5.91 Å². The average molecular weight is 365 g/mol. The number of allylic oxidation sites excluding steroid dienone is 2. The van der Waals surface area contributed by atoms with E-state index in [0.29, 0.717) is 5.96 Å². The minimum absolute atomic E-state index is 0.192. The molecule has 0 aromatic heterocycles. The Morgan fingerprint density at radius 1 is 1.19 bits per heavy atom. The molecule has 1 saturated heterocycles. The molecule has 1 aromatic carbocycles. The van der Waals surface area contributed by atoms with E-state index in [-0.39, 0.29) is 18.5 Å². The fourth-order valence-electron chi connectivity index (χ4n) is 3.99. The summed E-state index contributed by atoms with van der Waals surface area (Å²) in [6.45, 7) is 9.92. The summed E-state index contributed by atoms with van der Waals surface area (Å²) in [4.78, 5) is 37.3. The number of carbonyl (C=O) groups excluding carboxylic acids is 2. The first kappa shape index (κ1) is 17.3. The van der Waals surface area contributed by atoms with Crippen molar-refractivity contribution in [2.75, 3.05) is 18.5 Å². The molecule has 4 rings (SSSR count). The molecule has 140 valence electrons. The lowest BCUT2D eigenvalue weighted by atomic mass is 10.1. The van der Waals surface area contributed by atoms with E-state index in [1.165, 1.54) is 9.80 Å². The second kappa shape index (κ2) is 5.97. The van der Waals surface area contributed by atoms with Crippen LogP contribution in [-0.4, -0.2) is 58.4 Å². The normalized spacial score (nSPS) is 24.5. The van der Waals surface area contributed by atoms with Crippen LogP contribution in [0.5, 0.6) is 0 Å². The fraction of sp³-hybridized carbons (Fsp3) is 0.350. The van der Waals surface area contributed by atoms with Crippen molar-refractivity contribution in [1.29, 1.82) is 0 Å². The van der Waals surface area contributed by atoms with Crippen LogP contribution in [0.1, 0.15) is 19.4 Å². The average Bonchev–Trinajstić information content (AvgIpc) is 3.13. The van der Waals surface area contributed by atoms with Gasteiger partial charge in [-0.1, -0.05) is 18.2 Å². The number of fused-ring (bicyclic) bond motifs is 3. The summed E-state index contributed by atoms with van der Waals surface area (Å²) in [7, 11) is 1.69. The Hall–Kier alpha value is -3.09. The number of amides is 3. The molecule has 0 saturated carbocycles. The number of imide groups is 1. The third-order valence-electron chi connectivity index (χ3n) is 5.46. The van der Waals surface area contributed by atoms with E-state index < -0.39 is 12.2 Å². The number of urea groups is 1. The molecule has 1 fully saturated rings. The van der Waals surface area contributed by atoms with Crippen molar-refractivity contribution in [2.24, 2.45) is 4.99 Å². The minimum Gasteiger partial charge on any atom is -0.302 e. The lowest BCUT2D eigenvalue weighted by Crippen LogP contribution is -2.64. The van der Waals surface area contributed by atoms with Crippen LogP contribution in [0.4, 0.5) is 10.5 Å². The zero-order chi connectivity index (χ0) is 19.5. The van der Waals surface area contributed by atoms with Crippen LogP contribution in [-0.2, 0) is 4.79 Å². The van der Waals surface area contributed by atoms with Crippen LogP contribution in [0.25, 0.3) is 0 Å². The molecule has 3 heterocycles. The number of carbonyl (C=O) groups is 2. The van der Waals surface area contributed by atoms with Gasteiger partial charge in [-0.25, -0.2) is 9.79 Å². The largest absolute Gasteiger partial charge is 0.328 e. The van der Waals surface area contributed by atoms with Crippen molar-refractivity contribution < 1.29 is 9.59 Å². The highest BCUT2D eigenvalue weighted by Crippen LogP contribution is 2.39. The summed E-state index contributed by atoms with van der Waals surface area (Å²) >= 11 is 0. The Morgan fingerprint density at radius 2 is 1.93 bits per heavy atom. The second-order valence-electron chi connectivity index (χ2n) is 7.13. The third kappa shape index (κ3) is 2.31. The predicted molar refractivity (Wildman–Crippen MR) is 104 cm³/mol. The van der Waals surface area contributed by atoms with Crippen molar-refractivity contribution >= 4 is 23.6 Å². The van der Waals surface area contributed by atoms with Gasteiger partial charge < -0.3 is 4.90 Å². The maximum absolute atomic E-state index is 13.1. The van der Waals surface area contributed by atoms with E-state index in [0.717, 1.165) is 22.6 Å². The molecular formula is C20H23N5O2. The topological polar surface area (TPSA) is 59.5 Å². The van der Waals surface area contributed by atoms with Crippen molar-refractivity contribution in [3.8, 4) is 0 Å². The summed E-state index contributed by atoms with van der Waals surface area (Å²) < 4.78 is 0. The molecule has 1 aromatic rings. The quantitative estimate of drug-likeness (QED) is 0.773.